The summed E-state index contributed by atoms with van der Waals surface area (Å²) in [6.45, 7) is 0.618. The highest BCUT2D eigenvalue weighted by Crippen LogP contribution is 2.50. The molecule has 2 aromatic rings. The summed E-state index contributed by atoms with van der Waals surface area (Å²) in [6, 6.07) is 14.1. The van der Waals surface area contributed by atoms with Gasteiger partial charge in [-0.1, -0.05) is 36.4 Å². The van der Waals surface area contributed by atoms with Crippen molar-refractivity contribution in [1.82, 2.24) is 5.32 Å². The van der Waals surface area contributed by atoms with E-state index in [1.165, 1.54) is 4.88 Å². The fourth-order valence-corrected chi connectivity index (χ4v) is 3.19. The summed E-state index contributed by atoms with van der Waals surface area (Å²) in [5.41, 5.74) is 0.927. The van der Waals surface area contributed by atoms with Crippen molar-refractivity contribution < 1.29 is 4.79 Å². The van der Waals surface area contributed by atoms with Gasteiger partial charge in [0.05, 0.1) is 5.41 Å². The Hall–Kier alpha value is -1.61. The van der Waals surface area contributed by atoms with Gasteiger partial charge in [-0.3, -0.25) is 4.79 Å². The number of hydrogen-bond donors (Lipinski definition) is 1. The Balaban J connectivity index is 1.66. The van der Waals surface area contributed by atoms with Gasteiger partial charge in [0.2, 0.25) is 5.91 Å². The number of carbonyl (C=O) groups excluding carboxylic acids is 1. The fourth-order valence-electron chi connectivity index (χ4n) is 2.21. The van der Waals surface area contributed by atoms with Gasteiger partial charge in [-0.25, -0.2) is 0 Å². The molecule has 1 aliphatic rings. The number of carbonyl (C=O) groups is 1. The molecule has 1 fully saturated rings. The van der Waals surface area contributed by atoms with E-state index >= 15 is 0 Å². The van der Waals surface area contributed by atoms with Crippen LogP contribution in [0.4, 0.5) is 0 Å². The third kappa shape index (κ3) is 2.06. The summed E-state index contributed by atoms with van der Waals surface area (Å²) < 4.78 is 0. The SMILES string of the molecule is O=C(NCc1ccccc1)C1(c2cccs2)CC1. The predicted molar refractivity (Wildman–Crippen MR) is 73.5 cm³/mol. The summed E-state index contributed by atoms with van der Waals surface area (Å²) in [5, 5.41) is 5.10. The van der Waals surface area contributed by atoms with Crippen LogP contribution >= 0.6 is 11.3 Å². The van der Waals surface area contributed by atoms with Crippen LogP contribution in [-0.2, 0) is 16.8 Å². The zero-order chi connectivity index (χ0) is 12.4. The fraction of sp³-hybridized carbons (Fsp3) is 0.267. The number of rotatable bonds is 4. The van der Waals surface area contributed by atoms with Gasteiger partial charge in [-0.15, -0.1) is 11.3 Å². The molecule has 3 heteroatoms. The van der Waals surface area contributed by atoms with Gasteiger partial charge in [0, 0.05) is 11.4 Å². The van der Waals surface area contributed by atoms with Gasteiger partial charge in [0.15, 0.2) is 0 Å². The average Bonchev–Trinajstić information content (AvgIpc) is 3.05. The first-order chi connectivity index (χ1) is 8.81. The second kappa shape index (κ2) is 4.58. The van der Waals surface area contributed by atoms with E-state index in [1.807, 2.05) is 41.8 Å². The molecule has 92 valence electrons. The van der Waals surface area contributed by atoms with Gasteiger partial charge < -0.3 is 5.32 Å². The van der Waals surface area contributed by atoms with Crippen LogP contribution in [0, 0.1) is 0 Å². The Bertz CT molecular complexity index is 529. The highest BCUT2D eigenvalue weighted by molar-refractivity contribution is 7.10. The van der Waals surface area contributed by atoms with Crippen molar-refractivity contribution in [2.24, 2.45) is 0 Å². The van der Waals surface area contributed by atoms with Gasteiger partial charge in [-0.05, 0) is 29.9 Å². The highest BCUT2D eigenvalue weighted by atomic mass is 32.1. The number of hydrogen-bond acceptors (Lipinski definition) is 2. The Morgan fingerprint density at radius 3 is 2.56 bits per heavy atom. The van der Waals surface area contributed by atoms with E-state index in [0.717, 1.165) is 18.4 Å². The normalized spacial score (nSPS) is 16.2. The van der Waals surface area contributed by atoms with Crippen LogP contribution in [0.3, 0.4) is 0 Å². The van der Waals surface area contributed by atoms with E-state index in [4.69, 9.17) is 0 Å². The second-order valence-electron chi connectivity index (χ2n) is 4.73. The Labute approximate surface area is 111 Å². The zero-order valence-electron chi connectivity index (χ0n) is 10.1. The first kappa shape index (κ1) is 11.5. The predicted octanol–water partition coefficient (Wildman–Crippen LogP) is 3.10. The second-order valence-corrected chi connectivity index (χ2v) is 5.68. The average molecular weight is 257 g/mol. The summed E-state index contributed by atoms with van der Waals surface area (Å²) >= 11 is 1.68. The van der Waals surface area contributed by atoms with Crippen LogP contribution in [0.25, 0.3) is 0 Å². The van der Waals surface area contributed by atoms with Gasteiger partial charge in [-0.2, -0.15) is 0 Å². The molecule has 2 nitrogen and oxygen atoms in total. The molecule has 0 unspecified atom stereocenters. The molecule has 0 aliphatic heterocycles. The molecule has 1 saturated carbocycles. The van der Waals surface area contributed by atoms with E-state index in [0.29, 0.717) is 6.54 Å². The molecule has 1 aliphatic carbocycles. The first-order valence-electron chi connectivity index (χ1n) is 6.17. The standard InChI is InChI=1S/C15H15NOS/c17-14(16-11-12-5-2-1-3-6-12)15(8-9-15)13-7-4-10-18-13/h1-7,10H,8-9,11H2,(H,16,17). The van der Waals surface area contributed by atoms with Gasteiger partial charge in [0.1, 0.15) is 0 Å². The maximum atomic E-state index is 12.3. The molecule has 0 atom stereocenters. The highest BCUT2D eigenvalue weighted by Gasteiger charge is 2.51. The molecule has 1 amide bonds. The van der Waals surface area contributed by atoms with E-state index in [1.54, 1.807) is 11.3 Å². The molecule has 1 heterocycles. The first-order valence-corrected chi connectivity index (χ1v) is 7.05. The van der Waals surface area contributed by atoms with Crippen LogP contribution in [0.5, 0.6) is 0 Å². The number of nitrogens with one attached hydrogen (secondary N) is 1. The van der Waals surface area contributed by atoms with Crippen molar-refractivity contribution in [2.75, 3.05) is 0 Å². The van der Waals surface area contributed by atoms with Crippen molar-refractivity contribution in [3.63, 3.8) is 0 Å². The molecule has 0 spiro atoms. The minimum atomic E-state index is -0.219. The van der Waals surface area contributed by atoms with Crippen LogP contribution < -0.4 is 5.32 Å². The maximum Gasteiger partial charge on any atom is 0.231 e. The number of benzene rings is 1. The number of amides is 1. The van der Waals surface area contributed by atoms with Gasteiger partial charge >= 0.3 is 0 Å². The van der Waals surface area contributed by atoms with Crippen molar-refractivity contribution >= 4 is 17.2 Å². The molecule has 0 saturated heterocycles. The Morgan fingerprint density at radius 2 is 1.94 bits per heavy atom. The quantitative estimate of drug-likeness (QED) is 0.896. The molecule has 3 rings (SSSR count). The van der Waals surface area contributed by atoms with Crippen molar-refractivity contribution in [3.8, 4) is 0 Å². The minimum absolute atomic E-state index is 0.175. The van der Waals surface area contributed by atoms with Crippen molar-refractivity contribution in [3.05, 3.63) is 58.3 Å². The summed E-state index contributed by atoms with van der Waals surface area (Å²) in [7, 11) is 0. The lowest BCUT2D eigenvalue weighted by atomic mass is 10.0. The zero-order valence-corrected chi connectivity index (χ0v) is 10.9. The molecule has 0 bridgehead atoms. The Kier molecular flexibility index (Phi) is 2.92. The molecular formula is C15H15NOS. The maximum absolute atomic E-state index is 12.3. The van der Waals surface area contributed by atoms with E-state index in [2.05, 4.69) is 11.4 Å². The summed E-state index contributed by atoms with van der Waals surface area (Å²) in [4.78, 5) is 13.5. The van der Waals surface area contributed by atoms with Crippen molar-refractivity contribution in [2.45, 2.75) is 24.8 Å². The van der Waals surface area contributed by atoms with Crippen LogP contribution in [-0.4, -0.2) is 5.91 Å². The van der Waals surface area contributed by atoms with Crippen LogP contribution in [0.15, 0.2) is 47.8 Å². The van der Waals surface area contributed by atoms with Crippen LogP contribution in [0.1, 0.15) is 23.3 Å². The van der Waals surface area contributed by atoms with Crippen LogP contribution in [0.2, 0.25) is 0 Å². The third-order valence-electron chi connectivity index (χ3n) is 3.47. The molecular weight excluding hydrogens is 242 g/mol. The molecule has 18 heavy (non-hydrogen) atoms. The lowest BCUT2D eigenvalue weighted by Gasteiger charge is -2.13. The lowest BCUT2D eigenvalue weighted by Crippen LogP contribution is -2.33. The summed E-state index contributed by atoms with van der Waals surface area (Å²) in [6.07, 6.45) is 1.96. The summed E-state index contributed by atoms with van der Waals surface area (Å²) in [5.74, 6) is 0.175. The largest absolute Gasteiger partial charge is 0.351 e. The lowest BCUT2D eigenvalue weighted by molar-refractivity contribution is -0.123. The third-order valence-corrected chi connectivity index (χ3v) is 4.55. The molecule has 0 radical (unpaired) electrons. The molecule has 1 aromatic heterocycles. The molecule has 1 N–H and O–H groups in total. The van der Waals surface area contributed by atoms with E-state index < -0.39 is 0 Å². The Morgan fingerprint density at radius 1 is 1.17 bits per heavy atom. The van der Waals surface area contributed by atoms with E-state index in [9.17, 15) is 4.79 Å². The monoisotopic (exact) mass is 257 g/mol. The smallest absolute Gasteiger partial charge is 0.231 e. The van der Waals surface area contributed by atoms with Crippen molar-refractivity contribution in [1.29, 1.82) is 0 Å². The topological polar surface area (TPSA) is 29.1 Å². The molecule has 1 aromatic carbocycles. The van der Waals surface area contributed by atoms with E-state index in [-0.39, 0.29) is 11.3 Å². The minimum Gasteiger partial charge on any atom is -0.351 e. The van der Waals surface area contributed by atoms with Gasteiger partial charge in [0.25, 0.3) is 0 Å². The number of thiophene rings is 1.